The van der Waals surface area contributed by atoms with Crippen molar-refractivity contribution in [2.45, 2.75) is 366 Å². The van der Waals surface area contributed by atoms with Crippen molar-refractivity contribution in [3.63, 3.8) is 0 Å². The van der Waals surface area contributed by atoms with Crippen LogP contribution < -0.4 is 5.32 Å². The lowest BCUT2D eigenvalue weighted by Crippen LogP contribution is -2.45. The summed E-state index contributed by atoms with van der Waals surface area (Å²) in [4.78, 5) is 24.6. The highest BCUT2D eigenvalue weighted by atomic mass is 16.5. The summed E-state index contributed by atoms with van der Waals surface area (Å²) in [5.74, 6) is -0.0729. The van der Waals surface area contributed by atoms with Gasteiger partial charge in [0, 0.05) is 12.8 Å². The maximum atomic E-state index is 12.5. The van der Waals surface area contributed by atoms with E-state index in [9.17, 15) is 19.8 Å². The Labute approximate surface area is 455 Å². The second-order valence-electron chi connectivity index (χ2n) is 22.5. The van der Waals surface area contributed by atoms with E-state index >= 15 is 0 Å². The molecule has 0 fully saturated rings. The predicted molar refractivity (Wildman–Crippen MR) is 319 cm³/mol. The van der Waals surface area contributed by atoms with Crippen LogP contribution >= 0.6 is 0 Å². The fraction of sp³-hybridized carbons (Fsp3) is 0.881. The van der Waals surface area contributed by atoms with Gasteiger partial charge >= 0.3 is 5.97 Å². The number of unbranched alkanes of at least 4 members (excludes halogenated alkanes) is 46. The number of aliphatic hydroxyl groups excluding tert-OH is 2. The minimum atomic E-state index is -0.850. The molecular weight excluding hydrogens is 899 g/mol. The van der Waals surface area contributed by atoms with E-state index in [1.807, 2.05) is 6.08 Å². The number of rotatable bonds is 61. The first-order valence-corrected chi connectivity index (χ1v) is 32.8. The minimum Gasteiger partial charge on any atom is -0.466 e. The maximum Gasteiger partial charge on any atom is 0.305 e. The van der Waals surface area contributed by atoms with Crippen molar-refractivity contribution < 1.29 is 24.5 Å². The molecule has 73 heavy (non-hydrogen) atoms. The Hall–Kier alpha value is -1.92. The molecule has 0 saturated heterocycles. The standard InChI is InChI=1S/C67H127NO5/c1-3-5-7-9-11-13-15-17-19-21-23-24-25-27-31-35-39-43-47-51-55-59-65(70)64(63-69)68-66(71)60-56-52-48-44-40-36-32-28-26-30-34-38-42-46-50-54-58-62-73-67(72)61-57-53-49-45-41-37-33-29-22-20-18-16-14-12-10-8-6-4-2/h14,16,20,22,55,59,64-65,69-70H,3-13,15,17-19,21,23-54,56-58,60-63H2,1-2H3,(H,68,71)/b16-14-,22-20-,59-55+. The first-order valence-electron chi connectivity index (χ1n) is 32.8. The Bertz CT molecular complexity index is 1180. The highest BCUT2D eigenvalue weighted by molar-refractivity contribution is 5.76. The smallest absolute Gasteiger partial charge is 0.305 e. The van der Waals surface area contributed by atoms with Gasteiger partial charge in [0.05, 0.1) is 25.4 Å². The van der Waals surface area contributed by atoms with Crippen LogP contribution in [0.3, 0.4) is 0 Å². The molecular formula is C67H127NO5. The summed E-state index contributed by atoms with van der Waals surface area (Å²) in [6, 6.07) is -0.634. The monoisotopic (exact) mass is 1030 g/mol. The van der Waals surface area contributed by atoms with E-state index in [2.05, 4.69) is 43.5 Å². The van der Waals surface area contributed by atoms with E-state index < -0.39 is 12.1 Å². The maximum absolute atomic E-state index is 12.5. The molecule has 3 N–H and O–H groups in total. The van der Waals surface area contributed by atoms with Crippen LogP contribution in [0.2, 0.25) is 0 Å². The molecule has 6 heteroatoms. The van der Waals surface area contributed by atoms with Crippen LogP contribution in [0.1, 0.15) is 354 Å². The van der Waals surface area contributed by atoms with Gasteiger partial charge in [-0.3, -0.25) is 9.59 Å². The average Bonchev–Trinajstić information content (AvgIpc) is 3.39. The Morgan fingerprint density at radius 1 is 0.384 bits per heavy atom. The summed E-state index contributed by atoms with van der Waals surface area (Å²) >= 11 is 0. The molecule has 0 heterocycles. The van der Waals surface area contributed by atoms with E-state index in [4.69, 9.17) is 4.74 Å². The zero-order valence-corrected chi connectivity index (χ0v) is 49.1. The first-order chi connectivity index (χ1) is 36.0. The number of aliphatic hydroxyl groups is 2. The van der Waals surface area contributed by atoms with Crippen LogP contribution in [0.25, 0.3) is 0 Å². The third kappa shape index (κ3) is 59.2. The summed E-state index contributed by atoms with van der Waals surface area (Å²) in [7, 11) is 0. The fourth-order valence-electron chi connectivity index (χ4n) is 10.1. The van der Waals surface area contributed by atoms with Crippen molar-refractivity contribution >= 4 is 11.9 Å². The molecule has 0 aromatic heterocycles. The van der Waals surface area contributed by atoms with Gasteiger partial charge in [0.1, 0.15) is 0 Å². The van der Waals surface area contributed by atoms with Crippen LogP contribution in [-0.4, -0.2) is 47.4 Å². The second-order valence-corrected chi connectivity index (χ2v) is 22.5. The lowest BCUT2D eigenvalue weighted by molar-refractivity contribution is -0.143. The highest BCUT2D eigenvalue weighted by Gasteiger charge is 2.18. The third-order valence-corrected chi connectivity index (χ3v) is 15.2. The van der Waals surface area contributed by atoms with E-state index in [1.165, 1.54) is 276 Å². The highest BCUT2D eigenvalue weighted by Crippen LogP contribution is 2.18. The zero-order chi connectivity index (χ0) is 52.9. The Kier molecular flexibility index (Phi) is 61.0. The largest absolute Gasteiger partial charge is 0.466 e. The number of carbonyl (C=O) groups is 2. The lowest BCUT2D eigenvalue weighted by Gasteiger charge is -2.20. The van der Waals surface area contributed by atoms with Gasteiger partial charge in [-0.15, -0.1) is 0 Å². The molecule has 0 bridgehead atoms. The average molecular weight is 1030 g/mol. The molecule has 0 aromatic carbocycles. The molecule has 0 radical (unpaired) electrons. The molecule has 0 aliphatic rings. The van der Waals surface area contributed by atoms with Gasteiger partial charge in [-0.05, 0) is 64.2 Å². The molecule has 0 saturated carbocycles. The Balaban J connectivity index is 3.44. The van der Waals surface area contributed by atoms with E-state index in [1.54, 1.807) is 6.08 Å². The molecule has 1 amide bonds. The van der Waals surface area contributed by atoms with E-state index in [0.717, 1.165) is 51.4 Å². The van der Waals surface area contributed by atoms with Crippen molar-refractivity contribution in [2.75, 3.05) is 13.2 Å². The van der Waals surface area contributed by atoms with Crippen molar-refractivity contribution in [3.8, 4) is 0 Å². The Morgan fingerprint density at radius 2 is 0.685 bits per heavy atom. The summed E-state index contributed by atoms with van der Waals surface area (Å²) in [6.07, 6.45) is 79.0. The van der Waals surface area contributed by atoms with E-state index in [0.29, 0.717) is 19.4 Å². The minimum absolute atomic E-state index is 0.00234. The molecule has 0 rings (SSSR count). The van der Waals surface area contributed by atoms with Gasteiger partial charge < -0.3 is 20.3 Å². The van der Waals surface area contributed by atoms with Crippen LogP contribution in [0.5, 0.6) is 0 Å². The molecule has 0 spiro atoms. The summed E-state index contributed by atoms with van der Waals surface area (Å²) in [5.41, 5.74) is 0. The normalized spacial score (nSPS) is 12.8. The lowest BCUT2D eigenvalue weighted by atomic mass is 10.0. The second kappa shape index (κ2) is 62.6. The van der Waals surface area contributed by atoms with Gasteiger partial charge in [-0.2, -0.15) is 0 Å². The molecule has 2 atom stereocenters. The number of esters is 1. The third-order valence-electron chi connectivity index (χ3n) is 15.2. The fourth-order valence-corrected chi connectivity index (χ4v) is 10.1. The quantitative estimate of drug-likeness (QED) is 0.0320. The van der Waals surface area contributed by atoms with Gasteiger partial charge in [0.2, 0.25) is 5.91 Å². The summed E-state index contributed by atoms with van der Waals surface area (Å²) in [5, 5.41) is 23.2. The topological polar surface area (TPSA) is 95.9 Å². The number of ether oxygens (including phenoxy) is 1. The van der Waals surface area contributed by atoms with Gasteiger partial charge in [-0.25, -0.2) is 0 Å². The molecule has 0 aliphatic heterocycles. The van der Waals surface area contributed by atoms with Crippen molar-refractivity contribution in [1.82, 2.24) is 5.32 Å². The zero-order valence-electron chi connectivity index (χ0n) is 49.1. The molecule has 430 valence electrons. The number of carbonyl (C=O) groups excluding carboxylic acids is 2. The number of hydrogen-bond acceptors (Lipinski definition) is 5. The van der Waals surface area contributed by atoms with E-state index in [-0.39, 0.29) is 18.5 Å². The molecule has 2 unspecified atom stereocenters. The van der Waals surface area contributed by atoms with Crippen LogP contribution in [-0.2, 0) is 14.3 Å². The van der Waals surface area contributed by atoms with Crippen LogP contribution in [0, 0.1) is 0 Å². The number of allylic oxidation sites excluding steroid dienone is 5. The van der Waals surface area contributed by atoms with Gasteiger partial charge in [0.15, 0.2) is 0 Å². The van der Waals surface area contributed by atoms with Crippen molar-refractivity contribution in [1.29, 1.82) is 0 Å². The van der Waals surface area contributed by atoms with Gasteiger partial charge in [0.25, 0.3) is 0 Å². The summed E-state index contributed by atoms with van der Waals surface area (Å²) in [6.45, 7) is 4.90. The summed E-state index contributed by atoms with van der Waals surface area (Å²) < 4.78 is 5.49. The molecule has 0 aromatic rings. The molecule has 6 nitrogen and oxygen atoms in total. The predicted octanol–water partition coefficient (Wildman–Crippen LogP) is 20.8. The van der Waals surface area contributed by atoms with Crippen LogP contribution in [0.4, 0.5) is 0 Å². The van der Waals surface area contributed by atoms with Gasteiger partial charge in [-0.1, -0.05) is 314 Å². The number of amides is 1. The first kappa shape index (κ1) is 71.1. The Morgan fingerprint density at radius 3 is 1.05 bits per heavy atom. The number of nitrogens with one attached hydrogen (secondary N) is 1. The molecule has 0 aliphatic carbocycles. The SMILES string of the molecule is CCCCCC/C=C\C/C=C\CCCCCCCCCC(=O)OCCCCCCCCCCCCCCCCCCCC(=O)NC(CO)C(O)/C=C/CCCCCCCCCCCCCCCCCCCCC. The van der Waals surface area contributed by atoms with Crippen LogP contribution in [0.15, 0.2) is 36.5 Å². The van der Waals surface area contributed by atoms with Crippen molar-refractivity contribution in [2.24, 2.45) is 0 Å². The number of hydrogen-bond donors (Lipinski definition) is 3. The van der Waals surface area contributed by atoms with Crippen molar-refractivity contribution in [3.05, 3.63) is 36.5 Å².